The van der Waals surface area contributed by atoms with E-state index in [2.05, 4.69) is 5.92 Å². The lowest BCUT2D eigenvalue weighted by molar-refractivity contribution is -0.122. The van der Waals surface area contributed by atoms with Crippen LogP contribution in [-0.4, -0.2) is 22.6 Å². The fourth-order valence-corrected chi connectivity index (χ4v) is 2.86. The van der Waals surface area contributed by atoms with E-state index in [0.29, 0.717) is 16.4 Å². The summed E-state index contributed by atoms with van der Waals surface area (Å²) in [6.07, 6.45) is 6.72. The number of amides is 2. The lowest BCUT2D eigenvalue weighted by Gasteiger charge is -2.06. The third-order valence-corrected chi connectivity index (χ3v) is 3.99. The number of terminal acetylenes is 1. The van der Waals surface area contributed by atoms with Gasteiger partial charge in [-0.3, -0.25) is 14.5 Å². The van der Waals surface area contributed by atoms with Crippen molar-refractivity contribution in [2.75, 3.05) is 6.54 Å². The van der Waals surface area contributed by atoms with E-state index in [1.54, 1.807) is 12.1 Å². The Morgan fingerprint density at radius 2 is 1.95 bits per heavy atom. The Labute approximate surface area is 131 Å². The molecule has 1 aromatic carbocycles. The minimum absolute atomic E-state index is 0.0184. The fourth-order valence-electron chi connectivity index (χ4n) is 2.04. The summed E-state index contributed by atoms with van der Waals surface area (Å²) in [5.74, 6) is 3.14. The summed E-state index contributed by atoms with van der Waals surface area (Å²) >= 11 is 0.865. The molecule has 0 bridgehead atoms. The molecule has 1 aromatic heterocycles. The Morgan fingerprint density at radius 1 is 1.18 bits per heavy atom. The highest BCUT2D eigenvalue weighted by Gasteiger charge is 2.34. The second kappa shape index (κ2) is 5.96. The molecule has 2 amide bonds. The number of benzene rings is 1. The first kappa shape index (κ1) is 14.2. The molecule has 2 aromatic rings. The Balaban J connectivity index is 1.85. The van der Waals surface area contributed by atoms with Crippen LogP contribution in [0.2, 0.25) is 0 Å². The molecule has 3 rings (SSSR count). The summed E-state index contributed by atoms with van der Waals surface area (Å²) in [5, 5.41) is -0.357. The van der Waals surface area contributed by atoms with Crippen LogP contribution in [0.4, 0.5) is 4.79 Å². The van der Waals surface area contributed by atoms with E-state index in [1.165, 1.54) is 0 Å². The molecule has 0 N–H and O–H groups in total. The Kier molecular flexibility index (Phi) is 3.86. The maximum Gasteiger partial charge on any atom is 0.294 e. The van der Waals surface area contributed by atoms with Gasteiger partial charge in [-0.25, -0.2) is 0 Å². The first-order chi connectivity index (χ1) is 10.7. The summed E-state index contributed by atoms with van der Waals surface area (Å²) in [6.45, 7) is -0.0184. The average molecular weight is 309 g/mol. The predicted octanol–water partition coefficient (Wildman–Crippen LogP) is 3.62. The maximum absolute atomic E-state index is 12.1. The predicted molar refractivity (Wildman–Crippen MR) is 85.7 cm³/mol. The van der Waals surface area contributed by atoms with Gasteiger partial charge in [-0.1, -0.05) is 36.3 Å². The van der Waals surface area contributed by atoms with Crippen molar-refractivity contribution in [1.82, 2.24) is 4.90 Å². The molecule has 1 aliphatic heterocycles. The molecule has 0 aliphatic carbocycles. The number of carbonyl (C=O) groups excluding carboxylic acids is 2. The van der Waals surface area contributed by atoms with Gasteiger partial charge in [0.2, 0.25) is 0 Å². The number of furan rings is 1. The highest BCUT2D eigenvalue weighted by atomic mass is 32.2. The zero-order valence-corrected chi connectivity index (χ0v) is 12.3. The Hall–Kier alpha value is -2.71. The van der Waals surface area contributed by atoms with E-state index in [-0.39, 0.29) is 17.7 Å². The molecule has 0 spiro atoms. The SMILES string of the molecule is C#CCN1C(=O)SC(=Cc2ccc(-c3ccccc3)o2)C1=O. The molecule has 5 heteroatoms. The molecule has 2 heterocycles. The maximum atomic E-state index is 12.1. The van der Waals surface area contributed by atoms with Gasteiger partial charge >= 0.3 is 0 Å². The largest absolute Gasteiger partial charge is 0.457 e. The number of imide groups is 1. The van der Waals surface area contributed by atoms with Gasteiger partial charge in [-0.15, -0.1) is 6.42 Å². The highest BCUT2D eigenvalue weighted by molar-refractivity contribution is 8.18. The molecule has 4 nitrogen and oxygen atoms in total. The number of hydrogen-bond acceptors (Lipinski definition) is 4. The average Bonchev–Trinajstić information content (AvgIpc) is 3.09. The summed E-state index contributed by atoms with van der Waals surface area (Å²) < 4.78 is 5.70. The molecule has 0 atom stereocenters. The molecule has 1 aliphatic rings. The molecule has 1 saturated heterocycles. The minimum Gasteiger partial charge on any atom is -0.457 e. The van der Waals surface area contributed by atoms with Gasteiger partial charge < -0.3 is 4.42 Å². The number of hydrogen-bond donors (Lipinski definition) is 0. The van der Waals surface area contributed by atoms with Crippen molar-refractivity contribution < 1.29 is 14.0 Å². The van der Waals surface area contributed by atoms with Crippen molar-refractivity contribution >= 4 is 29.0 Å². The van der Waals surface area contributed by atoms with E-state index >= 15 is 0 Å². The van der Waals surface area contributed by atoms with Crippen LogP contribution in [0.5, 0.6) is 0 Å². The van der Waals surface area contributed by atoms with E-state index in [0.717, 1.165) is 22.2 Å². The van der Waals surface area contributed by atoms with Crippen molar-refractivity contribution in [3.05, 3.63) is 53.1 Å². The van der Waals surface area contributed by atoms with Crippen LogP contribution >= 0.6 is 11.8 Å². The molecule has 1 fully saturated rings. The van der Waals surface area contributed by atoms with Crippen LogP contribution in [-0.2, 0) is 4.79 Å². The third-order valence-electron chi connectivity index (χ3n) is 3.08. The molecule has 108 valence electrons. The summed E-state index contributed by atoms with van der Waals surface area (Å²) in [6, 6.07) is 13.2. The second-order valence-electron chi connectivity index (χ2n) is 4.54. The molecular formula is C17H11NO3S. The molecular weight excluding hydrogens is 298 g/mol. The normalized spacial score (nSPS) is 16.3. The lowest BCUT2D eigenvalue weighted by atomic mass is 10.2. The zero-order chi connectivity index (χ0) is 15.5. The molecule has 0 saturated carbocycles. The van der Waals surface area contributed by atoms with E-state index in [9.17, 15) is 9.59 Å². The van der Waals surface area contributed by atoms with Gasteiger partial charge in [0.15, 0.2) is 0 Å². The van der Waals surface area contributed by atoms with Crippen molar-refractivity contribution in [3.8, 4) is 23.7 Å². The number of carbonyl (C=O) groups is 2. The first-order valence-electron chi connectivity index (χ1n) is 6.53. The van der Waals surface area contributed by atoms with Crippen LogP contribution < -0.4 is 0 Å². The van der Waals surface area contributed by atoms with Crippen LogP contribution in [0.15, 0.2) is 51.8 Å². The van der Waals surface area contributed by atoms with E-state index in [4.69, 9.17) is 10.8 Å². The summed E-state index contributed by atoms with van der Waals surface area (Å²) in [4.78, 5) is 25.1. The van der Waals surface area contributed by atoms with E-state index < -0.39 is 0 Å². The minimum atomic E-state index is -0.384. The topological polar surface area (TPSA) is 50.5 Å². The summed E-state index contributed by atoms with van der Waals surface area (Å²) in [5.41, 5.74) is 0.947. The van der Waals surface area contributed by atoms with Gasteiger partial charge in [-0.05, 0) is 23.9 Å². The molecule has 0 unspecified atom stereocenters. The van der Waals surface area contributed by atoms with E-state index in [1.807, 2.05) is 36.4 Å². The van der Waals surface area contributed by atoms with Crippen molar-refractivity contribution in [1.29, 1.82) is 0 Å². The van der Waals surface area contributed by atoms with Gasteiger partial charge in [0.05, 0.1) is 11.4 Å². The number of nitrogens with zero attached hydrogens (tertiary/aromatic N) is 1. The number of thioether (sulfide) groups is 1. The Morgan fingerprint density at radius 3 is 2.68 bits per heavy atom. The van der Waals surface area contributed by atoms with Gasteiger partial charge in [-0.2, -0.15) is 0 Å². The Bertz CT molecular complexity index is 799. The molecule has 22 heavy (non-hydrogen) atoms. The third kappa shape index (κ3) is 2.69. The first-order valence-corrected chi connectivity index (χ1v) is 7.35. The second-order valence-corrected chi connectivity index (χ2v) is 5.53. The molecule has 0 radical (unpaired) electrons. The van der Waals surface area contributed by atoms with Crippen LogP contribution in [0, 0.1) is 12.3 Å². The van der Waals surface area contributed by atoms with Gasteiger partial charge in [0, 0.05) is 11.6 Å². The standard InChI is InChI=1S/C17H11NO3S/c1-2-10-18-16(19)15(22-17(18)20)11-13-8-9-14(21-13)12-6-4-3-5-7-12/h1,3-9,11H,10H2. The summed E-state index contributed by atoms with van der Waals surface area (Å²) in [7, 11) is 0. The number of rotatable bonds is 3. The van der Waals surface area contributed by atoms with Crippen molar-refractivity contribution in [2.24, 2.45) is 0 Å². The van der Waals surface area contributed by atoms with Crippen LogP contribution in [0.25, 0.3) is 17.4 Å². The lowest BCUT2D eigenvalue weighted by Crippen LogP contribution is -2.28. The van der Waals surface area contributed by atoms with Crippen molar-refractivity contribution in [3.63, 3.8) is 0 Å². The van der Waals surface area contributed by atoms with Gasteiger partial charge in [0.25, 0.3) is 11.1 Å². The fraction of sp³-hybridized carbons (Fsp3) is 0.0588. The van der Waals surface area contributed by atoms with Gasteiger partial charge in [0.1, 0.15) is 11.5 Å². The zero-order valence-electron chi connectivity index (χ0n) is 11.5. The van der Waals surface area contributed by atoms with Crippen LogP contribution in [0.3, 0.4) is 0 Å². The van der Waals surface area contributed by atoms with Crippen LogP contribution in [0.1, 0.15) is 5.76 Å². The van der Waals surface area contributed by atoms with Crippen molar-refractivity contribution in [2.45, 2.75) is 0 Å². The quantitative estimate of drug-likeness (QED) is 0.642. The smallest absolute Gasteiger partial charge is 0.294 e. The monoisotopic (exact) mass is 309 g/mol. The highest BCUT2D eigenvalue weighted by Crippen LogP contribution is 2.33.